The lowest BCUT2D eigenvalue weighted by Crippen LogP contribution is -2.07. The fourth-order valence-electron chi connectivity index (χ4n) is 2.51. The van der Waals surface area contributed by atoms with Crippen molar-refractivity contribution in [3.63, 3.8) is 0 Å². The zero-order valence-electron chi connectivity index (χ0n) is 13.3. The summed E-state index contributed by atoms with van der Waals surface area (Å²) in [5.74, 6) is 0.956. The summed E-state index contributed by atoms with van der Waals surface area (Å²) in [5, 5.41) is 2.10. The zero-order valence-corrected chi connectivity index (χ0v) is 14.1. The normalized spacial score (nSPS) is 10.9. The van der Waals surface area contributed by atoms with Crippen molar-refractivity contribution in [1.82, 2.24) is 9.97 Å². The van der Waals surface area contributed by atoms with Crippen LogP contribution in [0.3, 0.4) is 0 Å². The second kappa shape index (κ2) is 6.36. The first-order chi connectivity index (χ1) is 10.7. The third kappa shape index (κ3) is 2.92. The minimum absolute atomic E-state index is 0.956. The van der Waals surface area contributed by atoms with Gasteiger partial charge in [0.25, 0.3) is 0 Å². The molecule has 1 N–H and O–H groups in total. The molecule has 2 heterocycles. The quantitative estimate of drug-likeness (QED) is 0.732. The number of benzene rings is 1. The Hall–Kier alpha value is -2.07. The van der Waals surface area contributed by atoms with Gasteiger partial charge >= 0.3 is 0 Å². The number of nitrogens with zero attached hydrogens (tertiary/aromatic N) is 2. The number of thiophene rings is 1. The van der Waals surface area contributed by atoms with Gasteiger partial charge < -0.3 is 9.88 Å². The predicted molar refractivity (Wildman–Crippen MR) is 95.7 cm³/mol. The van der Waals surface area contributed by atoms with Crippen LogP contribution >= 0.6 is 11.3 Å². The lowest BCUT2D eigenvalue weighted by molar-refractivity contribution is 0.895. The third-order valence-corrected chi connectivity index (χ3v) is 4.57. The van der Waals surface area contributed by atoms with Crippen molar-refractivity contribution >= 4 is 17.0 Å². The van der Waals surface area contributed by atoms with Gasteiger partial charge in [-0.05, 0) is 42.1 Å². The molecular formula is C18H21N3S. The van der Waals surface area contributed by atoms with E-state index in [-0.39, 0.29) is 0 Å². The van der Waals surface area contributed by atoms with E-state index < -0.39 is 0 Å². The zero-order chi connectivity index (χ0) is 15.5. The summed E-state index contributed by atoms with van der Waals surface area (Å²) in [6, 6.07) is 12.7. The summed E-state index contributed by atoms with van der Waals surface area (Å²) in [6.45, 7) is 2.20. The van der Waals surface area contributed by atoms with Gasteiger partial charge in [-0.25, -0.2) is 4.98 Å². The van der Waals surface area contributed by atoms with Crippen LogP contribution in [0.2, 0.25) is 0 Å². The molecule has 0 saturated carbocycles. The Bertz CT molecular complexity index is 724. The molecule has 0 bridgehead atoms. The van der Waals surface area contributed by atoms with Gasteiger partial charge in [-0.2, -0.15) is 0 Å². The number of aryl methyl sites for hydroxylation is 1. The highest BCUT2D eigenvalue weighted by Gasteiger charge is 2.13. The smallest absolute Gasteiger partial charge is 0.138 e. The molecule has 0 amide bonds. The molecule has 0 aliphatic carbocycles. The molecule has 4 heteroatoms. The summed E-state index contributed by atoms with van der Waals surface area (Å²) in [5.41, 5.74) is 4.66. The first-order valence-electron chi connectivity index (χ1n) is 7.59. The molecule has 0 aliphatic heterocycles. The van der Waals surface area contributed by atoms with E-state index in [2.05, 4.69) is 72.7 Å². The van der Waals surface area contributed by atoms with E-state index in [0.29, 0.717) is 0 Å². The maximum atomic E-state index is 4.86. The molecule has 22 heavy (non-hydrogen) atoms. The number of nitrogens with one attached hydrogen (secondary N) is 1. The van der Waals surface area contributed by atoms with Crippen molar-refractivity contribution in [2.24, 2.45) is 0 Å². The molecule has 0 spiro atoms. The number of hydrogen-bond acceptors (Lipinski definition) is 3. The summed E-state index contributed by atoms with van der Waals surface area (Å²) in [4.78, 5) is 11.7. The van der Waals surface area contributed by atoms with Gasteiger partial charge in [0.1, 0.15) is 11.5 Å². The third-order valence-electron chi connectivity index (χ3n) is 3.69. The van der Waals surface area contributed by atoms with E-state index in [4.69, 9.17) is 4.98 Å². The topological polar surface area (TPSA) is 31.9 Å². The molecular weight excluding hydrogens is 290 g/mol. The Morgan fingerprint density at radius 2 is 1.91 bits per heavy atom. The Balaban J connectivity index is 1.99. The van der Waals surface area contributed by atoms with Crippen molar-refractivity contribution in [3.8, 4) is 22.0 Å². The highest BCUT2D eigenvalue weighted by molar-refractivity contribution is 7.13. The largest absolute Gasteiger partial charge is 0.378 e. The first kappa shape index (κ1) is 14.9. The van der Waals surface area contributed by atoms with Crippen LogP contribution in [-0.2, 0) is 6.42 Å². The van der Waals surface area contributed by atoms with E-state index in [9.17, 15) is 0 Å². The van der Waals surface area contributed by atoms with Crippen LogP contribution < -0.4 is 4.90 Å². The SMILES string of the molecule is CCCc1[nH]c(-c2ccc(N(C)C)cc2)nc1-c1cccs1. The number of imidazole rings is 1. The molecule has 2 aromatic heterocycles. The average molecular weight is 311 g/mol. The molecule has 3 aromatic rings. The predicted octanol–water partition coefficient (Wildman–Crippen LogP) is 4.82. The van der Waals surface area contributed by atoms with E-state index in [1.807, 2.05) is 0 Å². The minimum Gasteiger partial charge on any atom is -0.378 e. The van der Waals surface area contributed by atoms with Gasteiger partial charge in [0.2, 0.25) is 0 Å². The summed E-state index contributed by atoms with van der Waals surface area (Å²) < 4.78 is 0. The van der Waals surface area contributed by atoms with Gasteiger partial charge in [0.15, 0.2) is 0 Å². The Labute approximate surface area is 135 Å². The van der Waals surface area contributed by atoms with Crippen LogP contribution in [0.25, 0.3) is 22.0 Å². The van der Waals surface area contributed by atoms with Crippen LogP contribution in [0.1, 0.15) is 19.0 Å². The summed E-state index contributed by atoms with van der Waals surface area (Å²) in [6.07, 6.45) is 2.13. The van der Waals surface area contributed by atoms with Crippen LogP contribution in [0.4, 0.5) is 5.69 Å². The summed E-state index contributed by atoms with van der Waals surface area (Å²) >= 11 is 1.74. The molecule has 0 atom stereocenters. The minimum atomic E-state index is 0.956. The second-order valence-electron chi connectivity index (χ2n) is 5.58. The summed E-state index contributed by atoms with van der Waals surface area (Å²) in [7, 11) is 4.10. The van der Waals surface area contributed by atoms with Crippen molar-refractivity contribution in [2.75, 3.05) is 19.0 Å². The van der Waals surface area contributed by atoms with E-state index in [1.165, 1.54) is 16.3 Å². The molecule has 0 saturated heterocycles. The van der Waals surface area contributed by atoms with E-state index in [0.717, 1.165) is 29.9 Å². The van der Waals surface area contributed by atoms with Gasteiger partial charge in [0, 0.05) is 31.0 Å². The second-order valence-corrected chi connectivity index (χ2v) is 6.53. The Morgan fingerprint density at radius 1 is 1.14 bits per heavy atom. The van der Waals surface area contributed by atoms with Crippen molar-refractivity contribution < 1.29 is 0 Å². The Kier molecular flexibility index (Phi) is 4.29. The molecule has 3 rings (SSSR count). The van der Waals surface area contributed by atoms with Crippen molar-refractivity contribution in [3.05, 3.63) is 47.5 Å². The Morgan fingerprint density at radius 3 is 2.50 bits per heavy atom. The molecule has 114 valence electrons. The van der Waals surface area contributed by atoms with Crippen LogP contribution in [0.15, 0.2) is 41.8 Å². The lowest BCUT2D eigenvalue weighted by Gasteiger charge is -2.12. The average Bonchev–Trinajstić information content (AvgIpc) is 3.16. The molecule has 0 unspecified atom stereocenters. The van der Waals surface area contributed by atoms with Crippen LogP contribution in [0.5, 0.6) is 0 Å². The van der Waals surface area contributed by atoms with E-state index >= 15 is 0 Å². The number of rotatable bonds is 5. The van der Waals surface area contributed by atoms with E-state index in [1.54, 1.807) is 11.3 Å². The maximum Gasteiger partial charge on any atom is 0.138 e. The number of H-pyrrole nitrogens is 1. The standard InChI is InChI=1S/C18H21N3S/c1-4-6-15-17(16-7-5-12-22-16)20-18(19-15)13-8-10-14(11-9-13)21(2)3/h5,7-12H,4,6H2,1-3H3,(H,19,20). The molecule has 0 fully saturated rings. The van der Waals surface area contributed by atoms with Crippen LogP contribution in [0, 0.1) is 0 Å². The molecule has 0 radical (unpaired) electrons. The molecule has 3 nitrogen and oxygen atoms in total. The number of aromatic nitrogens is 2. The number of anilines is 1. The lowest BCUT2D eigenvalue weighted by atomic mass is 10.2. The molecule has 0 aliphatic rings. The van der Waals surface area contributed by atoms with Crippen molar-refractivity contribution in [1.29, 1.82) is 0 Å². The monoisotopic (exact) mass is 311 g/mol. The fraction of sp³-hybridized carbons (Fsp3) is 0.278. The maximum absolute atomic E-state index is 4.86. The number of aromatic amines is 1. The van der Waals surface area contributed by atoms with Gasteiger partial charge in [-0.1, -0.05) is 19.4 Å². The van der Waals surface area contributed by atoms with Gasteiger partial charge in [-0.3, -0.25) is 0 Å². The highest BCUT2D eigenvalue weighted by Crippen LogP contribution is 2.30. The van der Waals surface area contributed by atoms with Gasteiger partial charge in [0.05, 0.1) is 4.88 Å². The van der Waals surface area contributed by atoms with Crippen molar-refractivity contribution in [2.45, 2.75) is 19.8 Å². The number of hydrogen-bond donors (Lipinski definition) is 1. The fourth-order valence-corrected chi connectivity index (χ4v) is 3.25. The van der Waals surface area contributed by atoms with Crippen LogP contribution in [-0.4, -0.2) is 24.1 Å². The molecule has 1 aromatic carbocycles. The first-order valence-corrected chi connectivity index (χ1v) is 8.47. The highest BCUT2D eigenvalue weighted by atomic mass is 32.1. The van der Waals surface area contributed by atoms with Gasteiger partial charge in [-0.15, -0.1) is 11.3 Å².